The first kappa shape index (κ1) is 20.0. The van der Waals surface area contributed by atoms with Gasteiger partial charge in [0, 0.05) is 18.8 Å². The van der Waals surface area contributed by atoms with Crippen molar-refractivity contribution in [3.8, 4) is 11.5 Å². The fourth-order valence-electron chi connectivity index (χ4n) is 3.88. The maximum Gasteiger partial charge on any atom is 0.238 e. The third-order valence-corrected chi connectivity index (χ3v) is 5.69. The number of aliphatic hydroxyl groups is 1. The van der Waals surface area contributed by atoms with Gasteiger partial charge in [-0.15, -0.1) is 0 Å². The van der Waals surface area contributed by atoms with Crippen molar-refractivity contribution in [2.75, 3.05) is 58.2 Å². The van der Waals surface area contributed by atoms with Crippen LogP contribution in [0.4, 0.5) is 5.69 Å². The van der Waals surface area contributed by atoms with E-state index in [2.05, 4.69) is 5.32 Å². The third-order valence-electron chi connectivity index (χ3n) is 5.69. The summed E-state index contributed by atoms with van der Waals surface area (Å²) in [4.78, 5) is 14.5. The fraction of sp³-hybridized carbons (Fsp3) is 0.458. The highest BCUT2D eigenvalue weighted by Crippen LogP contribution is 2.26. The molecule has 2 aromatic rings. The minimum Gasteiger partial charge on any atom is -0.633 e. The topological polar surface area (TPSA) is 94.1 Å². The molecule has 0 radical (unpaired) electrons. The summed E-state index contributed by atoms with van der Waals surface area (Å²) in [5.74, 6) is 0.0954. The predicted octanol–water partition coefficient (Wildman–Crippen LogP) is 2.32. The van der Waals surface area contributed by atoms with Gasteiger partial charge in [-0.3, -0.25) is 9.69 Å². The molecule has 0 bridgehead atoms. The van der Waals surface area contributed by atoms with Crippen LogP contribution in [0.2, 0.25) is 0 Å². The average Bonchev–Trinajstić information content (AvgIpc) is 2.76. The molecule has 1 atom stereocenters. The summed E-state index contributed by atoms with van der Waals surface area (Å²) >= 11 is 0. The van der Waals surface area contributed by atoms with E-state index in [0.29, 0.717) is 13.1 Å². The number of aliphatic hydroxyl groups excluding tert-OH is 1. The lowest BCUT2D eigenvalue weighted by Gasteiger charge is -2.48. The van der Waals surface area contributed by atoms with Crippen LogP contribution in [0.5, 0.6) is 11.5 Å². The molecule has 8 heteroatoms. The Morgan fingerprint density at radius 3 is 2.50 bits per heavy atom. The molecule has 1 saturated heterocycles. The number of hydroxylamine groups is 3. The van der Waals surface area contributed by atoms with Crippen LogP contribution in [0.3, 0.4) is 0 Å². The number of amides is 1. The molecule has 2 aromatic carbocycles. The highest BCUT2D eigenvalue weighted by atomic mass is 16.6. The lowest BCUT2D eigenvalue weighted by atomic mass is 10.1. The Morgan fingerprint density at radius 2 is 1.84 bits per heavy atom. The number of methoxy groups -OCH3 is 1. The van der Waals surface area contributed by atoms with E-state index < -0.39 is 17.8 Å². The van der Waals surface area contributed by atoms with Gasteiger partial charge < -0.3 is 29.8 Å². The first-order valence-corrected chi connectivity index (χ1v) is 10.7. The highest BCUT2D eigenvalue weighted by Gasteiger charge is 2.29. The Labute approximate surface area is 193 Å². The number of carbonyl (C=O) groups excluding carboxylic acids is 1. The van der Waals surface area contributed by atoms with Crippen LogP contribution >= 0.6 is 0 Å². The summed E-state index contributed by atoms with van der Waals surface area (Å²) in [6, 6.07) is 12.1. The first-order valence-electron chi connectivity index (χ1n) is 12.2. The SMILES string of the molecule is [2H]C([2H])([2H])Oc1ccccc1OCC(O)C[N+]1([O-])CCN(CC(=O)Nc2c(C)cccc2C)CC1. The molecule has 1 heterocycles. The van der Waals surface area contributed by atoms with Gasteiger partial charge in [-0.1, -0.05) is 30.3 Å². The third kappa shape index (κ3) is 6.43. The van der Waals surface area contributed by atoms with Crippen molar-refractivity contribution < 1.29 is 28.1 Å². The number of para-hydroxylation sites is 3. The van der Waals surface area contributed by atoms with Gasteiger partial charge in [0.05, 0.1) is 30.8 Å². The van der Waals surface area contributed by atoms with E-state index in [4.69, 9.17) is 13.6 Å². The molecule has 1 fully saturated rings. The van der Waals surface area contributed by atoms with Crippen LogP contribution in [0.1, 0.15) is 15.2 Å². The summed E-state index contributed by atoms with van der Waals surface area (Å²) in [6.07, 6.45) is -1.05. The molecule has 1 unspecified atom stereocenters. The smallest absolute Gasteiger partial charge is 0.238 e. The van der Waals surface area contributed by atoms with Crippen LogP contribution in [0.25, 0.3) is 0 Å². The van der Waals surface area contributed by atoms with E-state index in [1.807, 2.05) is 36.9 Å². The Morgan fingerprint density at radius 1 is 1.19 bits per heavy atom. The van der Waals surface area contributed by atoms with Crippen molar-refractivity contribution in [1.29, 1.82) is 0 Å². The summed E-state index contributed by atoms with van der Waals surface area (Å²) in [7, 11) is -2.63. The van der Waals surface area contributed by atoms with E-state index in [-0.39, 0.29) is 50.2 Å². The zero-order valence-electron chi connectivity index (χ0n) is 21.5. The van der Waals surface area contributed by atoms with Crippen LogP contribution < -0.4 is 14.8 Å². The molecule has 0 spiro atoms. The molecular weight excluding hydrogens is 410 g/mol. The number of carbonyl (C=O) groups is 1. The second-order valence-corrected chi connectivity index (χ2v) is 8.29. The van der Waals surface area contributed by atoms with Gasteiger partial charge in [0.25, 0.3) is 0 Å². The van der Waals surface area contributed by atoms with E-state index in [1.54, 1.807) is 12.1 Å². The van der Waals surface area contributed by atoms with Gasteiger partial charge in [0.15, 0.2) is 11.5 Å². The van der Waals surface area contributed by atoms with Crippen molar-refractivity contribution in [1.82, 2.24) is 4.90 Å². The summed E-state index contributed by atoms with van der Waals surface area (Å²) < 4.78 is 31.6. The predicted molar refractivity (Wildman–Crippen MR) is 124 cm³/mol. The van der Waals surface area contributed by atoms with Gasteiger partial charge >= 0.3 is 0 Å². The molecule has 32 heavy (non-hydrogen) atoms. The van der Waals surface area contributed by atoms with Crippen LogP contribution in [-0.2, 0) is 4.79 Å². The summed E-state index contributed by atoms with van der Waals surface area (Å²) in [6.45, 7) is 5.20. The molecular formula is C24H33N3O5. The second kappa shape index (κ2) is 10.8. The van der Waals surface area contributed by atoms with Gasteiger partial charge in [-0.25, -0.2) is 0 Å². The van der Waals surface area contributed by atoms with E-state index in [0.717, 1.165) is 16.8 Å². The Hall–Kier alpha value is -2.65. The van der Waals surface area contributed by atoms with Crippen molar-refractivity contribution in [2.45, 2.75) is 20.0 Å². The fourth-order valence-corrected chi connectivity index (χ4v) is 3.88. The van der Waals surface area contributed by atoms with Crippen molar-refractivity contribution >= 4 is 11.6 Å². The molecule has 3 rings (SSSR count). The normalized spacial score (nSPS) is 18.7. The number of piperazine rings is 1. The molecule has 2 N–H and O–H groups in total. The number of anilines is 1. The van der Waals surface area contributed by atoms with E-state index in [1.165, 1.54) is 12.1 Å². The van der Waals surface area contributed by atoms with E-state index in [9.17, 15) is 15.1 Å². The summed E-state index contributed by atoms with van der Waals surface area (Å²) in [5.41, 5.74) is 2.81. The number of benzene rings is 2. The largest absolute Gasteiger partial charge is 0.633 e. The van der Waals surface area contributed by atoms with Gasteiger partial charge in [-0.05, 0) is 37.1 Å². The number of rotatable bonds is 9. The van der Waals surface area contributed by atoms with E-state index >= 15 is 0 Å². The lowest BCUT2D eigenvalue weighted by Crippen LogP contribution is -2.59. The molecule has 8 nitrogen and oxygen atoms in total. The minimum atomic E-state index is -2.63. The number of quaternary nitrogens is 1. The first-order chi connectivity index (χ1) is 16.4. The highest BCUT2D eigenvalue weighted by molar-refractivity contribution is 5.93. The molecule has 1 aliphatic rings. The molecule has 0 saturated carbocycles. The zero-order valence-corrected chi connectivity index (χ0v) is 18.5. The minimum absolute atomic E-state index is 0.0403. The Bertz CT molecular complexity index is 990. The van der Waals surface area contributed by atoms with Crippen LogP contribution in [-0.4, -0.2) is 79.6 Å². The summed E-state index contributed by atoms with van der Waals surface area (Å²) in [5, 5.41) is 26.5. The Kier molecular flexibility index (Phi) is 6.74. The molecule has 1 aliphatic heterocycles. The molecule has 174 valence electrons. The molecule has 1 amide bonds. The number of hydrogen-bond acceptors (Lipinski definition) is 6. The number of ether oxygens (including phenoxy) is 2. The average molecular weight is 447 g/mol. The standard InChI is InChI=1S/C24H33N3O5/c1-18-7-6-8-19(2)24(18)25-23(29)15-26-11-13-27(30,14-12-26)16-20(28)17-32-22-10-5-4-9-21(22)31-3/h4-10,20,28H,11-17H2,1-3H3,(H,25,29)/i3D3. The van der Waals surface area contributed by atoms with Crippen LogP contribution in [0, 0.1) is 19.1 Å². The van der Waals surface area contributed by atoms with Gasteiger partial charge in [0.2, 0.25) is 5.91 Å². The monoisotopic (exact) mass is 446 g/mol. The molecule has 0 aliphatic carbocycles. The lowest BCUT2D eigenvalue weighted by molar-refractivity contribution is -0.888. The van der Waals surface area contributed by atoms with Crippen molar-refractivity contribution in [3.63, 3.8) is 0 Å². The van der Waals surface area contributed by atoms with Gasteiger partial charge in [0.1, 0.15) is 19.3 Å². The number of hydrogen-bond donors (Lipinski definition) is 2. The second-order valence-electron chi connectivity index (χ2n) is 8.29. The van der Waals surface area contributed by atoms with Crippen LogP contribution in [0.15, 0.2) is 42.5 Å². The maximum absolute atomic E-state index is 13.1. The number of nitrogens with zero attached hydrogens (tertiary/aromatic N) is 2. The van der Waals surface area contributed by atoms with Gasteiger partial charge in [-0.2, -0.15) is 0 Å². The van der Waals surface area contributed by atoms with Crippen molar-refractivity contribution in [3.05, 3.63) is 58.8 Å². The number of nitrogens with one attached hydrogen (secondary N) is 1. The molecule has 0 aromatic heterocycles. The number of aryl methyl sites for hydroxylation is 2. The van der Waals surface area contributed by atoms with Crippen molar-refractivity contribution in [2.24, 2.45) is 0 Å². The zero-order chi connectivity index (χ0) is 25.6. The maximum atomic E-state index is 13.1. The quantitative estimate of drug-likeness (QED) is 0.454. The Balaban J connectivity index is 1.45.